The monoisotopic (exact) mass is 457 g/mol. The van der Waals surface area contributed by atoms with Gasteiger partial charge in [-0.2, -0.15) is 0 Å². The van der Waals surface area contributed by atoms with Crippen molar-refractivity contribution in [3.8, 4) is 5.75 Å². The third-order valence-corrected chi connectivity index (χ3v) is 7.67. The summed E-state index contributed by atoms with van der Waals surface area (Å²) in [5.74, 6) is 1.19. The van der Waals surface area contributed by atoms with Gasteiger partial charge in [-0.15, -0.1) is 0 Å². The number of ether oxygens (including phenoxy) is 1. The highest BCUT2D eigenvalue weighted by Gasteiger charge is 2.36. The number of hydrogen-bond acceptors (Lipinski definition) is 4. The molecule has 1 spiro atoms. The minimum absolute atomic E-state index is 0.145. The molecule has 2 aliphatic rings. The molecule has 0 atom stereocenters. The lowest BCUT2D eigenvalue weighted by Crippen LogP contribution is -2.48. The first-order chi connectivity index (χ1) is 16.6. The zero-order chi connectivity index (χ0) is 23.4. The number of carbonyl (C=O) groups is 1. The number of aryl methyl sites for hydroxylation is 1. The number of pyridine rings is 1. The molecule has 2 aliphatic heterocycles. The first-order valence-electron chi connectivity index (χ1n) is 12.7. The number of rotatable bonds is 1. The van der Waals surface area contributed by atoms with Gasteiger partial charge in [-0.25, -0.2) is 0 Å². The molecule has 1 saturated heterocycles. The maximum atomic E-state index is 13.3. The summed E-state index contributed by atoms with van der Waals surface area (Å²) in [6.07, 6.45) is 8.62. The molecule has 0 bridgehead atoms. The van der Waals surface area contributed by atoms with Crippen LogP contribution in [-0.2, 0) is 6.42 Å². The molecule has 3 aromatic rings. The van der Waals surface area contributed by atoms with Crippen molar-refractivity contribution in [2.45, 2.75) is 38.5 Å². The van der Waals surface area contributed by atoms with Gasteiger partial charge in [-0.3, -0.25) is 9.78 Å². The number of likely N-dealkylation sites (N-methyl/N-ethyl adjacent to an activating group) is 1. The number of piperidine rings is 1. The molecule has 1 amide bonds. The molecule has 178 valence electrons. The van der Waals surface area contributed by atoms with E-state index < -0.39 is 0 Å². The minimum Gasteiger partial charge on any atom is -0.492 e. The maximum Gasteiger partial charge on any atom is 0.253 e. The summed E-state index contributed by atoms with van der Waals surface area (Å²) < 4.78 is 6.14. The summed E-state index contributed by atoms with van der Waals surface area (Å²) in [7, 11) is 2.21. The predicted octanol–water partition coefficient (Wildman–Crippen LogP) is 5.19. The Bertz CT molecular complexity index is 1140. The molecule has 5 heteroatoms. The van der Waals surface area contributed by atoms with Crippen LogP contribution in [-0.4, -0.2) is 60.5 Å². The van der Waals surface area contributed by atoms with Crippen LogP contribution in [0.25, 0.3) is 10.9 Å². The third-order valence-electron chi connectivity index (χ3n) is 7.67. The molecule has 0 N–H and O–H groups in total. The molecule has 34 heavy (non-hydrogen) atoms. The number of aromatic nitrogens is 1. The van der Waals surface area contributed by atoms with Crippen molar-refractivity contribution in [1.82, 2.24) is 14.8 Å². The van der Waals surface area contributed by atoms with E-state index in [2.05, 4.69) is 46.1 Å². The van der Waals surface area contributed by atoms with Crippen LogP contribution in [0.3, 0.4) is 0 Å². The largest absolute Gasteiger partial charge is 0.492 e. The number of benzene rings is 2. The van der Waals surface area contributed by atoms with Crippen LogP contribution in [0, 0.1) is 5.41 Å². The summed E-state index contributed by atoms with van der Waals surface area (Å²) in [5.41, 5.74) is 3.30. The smallest absolute Gasteiger partial charge is 0.253 e. The molecule has 0 radical (unpaired) electrons. The third kappa shape index (κ3) is 5.10. The van der Waals surface area contributed by atoms with Crippen molar-refractivity contribution in [3.63, 3.8) is 0 Å². The number of nitrogens with zero attached hydrogens (tertiary/aromatic N) is 3. The molecule has 1 aromatic heterocycles. The standard InChI is InChI=1S/C29H35N3O2/c1-31-19-20-34-27-10-3-2-7-23(27)8-4-5-13-29(22-31)14-17-32(18-15-29)28(33)25-11-12-26-24(21-25)9-6-16-30-26/h2-3,6-7,9-12,16,21H,4-5,8,13-15,17-20,22H2,1H3. The number of carbonyl (C=O) groups excluding carboxylic acids is 1. The fourth-order valence-electron chi connectivity index (χ4n) is 5.69. The molecular weight excluding hydrogens is 422 g/mol. The highest BCUT2D eigenvalue weighted by Crippen LogP contribution is 2.38. The lowest BCUT2D eigenvalue weighted by Gasteiger charge is -2.44. The van der Waals surface area contributed by atoms with Gasteiger partial charge in [0.1, 0.15) is 12.4 Å². The highest BCUT2D eigenvalue weighted by atomic mass is 16.5. The van der Waals surface area contributed by atoms with Gasteiger partial charge in [0.15, 0.2) is 0 Å². The number of fused-ring (bicyclic) bond motifs is 2. The molecule has 0 unspecified atom stereocenters. The second-order valence-electron chi connectivity index (χ2n) is 10.1. The van der Waals surface area contributed by atoms with Crippen molar-refractivity contribution >= 4 is 16.8 Å². The lowest BCUT2D eigenvalue weighted by atomic mass is 9.73. The molecule has 2 aromatic carbocycles. The van der Waals surface area contributed by atoms with E-state index in [1.807, 2.05) is 30.3 Å². The Balaban J connectivity index is 1.25. The SMILES string of the molecule is CN1CCOc2ccccc2CCCCC2(CCN(C(=O)c3ccc4ncccc4c3)CC2)C1. The summed E-state index contributed by atoms with van der Waals surface area (Å²) >= 11 is 0. The topological polar surface area (TPSA) is 45.7 Å². The highest BCUT2D eigenvalue weighted by molar-refractivity contribution is 5.98. The second kappa shape index (κ2) is 10.1. The normalized spacial score (nSPS) is 19.6. The Kier molecular flexibility index (Phi) is 6.82. The van der Waals surface area contributed by atoms with Crippen LogP contribution in [0.5, 0.6) is 5.75 Å². The number of amides is 1. The van der Waals surface area contributed by atoms with Crippen LogP contribution in [0.2, 0.25) is 0 Å². The Morgan fingerprint density at radius 3 is 2.71 bits per heavy atom. The van der Waals surface area contributed by atoms with Gasteiger partial charge in [-0.1, -0.05) is 30.7 Å². The zero-order valence-corrected chi connectivity index (χ0v) is 20.2. The van der Waals surface area contributed by atoms with E-state index in [0.29, 0.717) is 6.61 Å². The van der Waals surface area contributed by atoms with Gasteiger partial charge in [0, 0.05) is 43.3 Å². The fourth-order valence-corrected chi connectivity index (χ4v) is 5.69. The van der Waals surface area contributed by atoms with Crippen LogP contribution < -0.4 is 4.74 Å². The summed E-state index contributed by atoms with van der Waals surface area (Å²) in [4.78, 5) is 22.1. The first-order valence-corrected chi connectivity index (χ1v) is 12.7. The van der Waals surface area contributed by atoms with Crippen molar-refractivity contribution in [2.75, 3.05) is 39.8 Å². The van der Waals surface area contributed by atoms with E-state index in [1.165, 1.54) is 24.8 Å². The van der Waals surface area contributed by atoms with Crippen molar-refractivity contribution in [1.29, 1.82) is 0 Å². The molecule has 1 fully saturated rings. The van der Waals surface area contributed by atoms with E-state index in [4.69, 9.17) is 4.74 Å². The number of para-hydroxylation sites is 1. The minimum atomic E-state index is 0.145. The molecular formula is C29H35N3O2. The summed E-state index contributed by atoms with van der Waals surface area (Å²) in [5, 5.41) is 1.02. The molecule has 5 rings (SSSR count). The Hall–Kier alpha value is -2.92. The summed E-state index contributed by atoms with van der Waals surface area (Å²) in [6, 6.07) is 18.3. The van der Waals surface area contributed by atoms with Crippen molar-refractivity contribution in [3.05, 3.63) is 71.9 Å². The lowest BCUT2D eigenvalue weighted by molar-refractivity contribution is 0.0425. The van der Waals surface area contributed by atoms with E-state index in [-0.39, 0.29) is 11.3 Å². The molecule has 0 saturated carbocycles. The van der Waals surface area contributed by atoms with Gasteiger partial charge in [0.2, 0.25) is 0 Å². The summed E-state index contributed by atoms with van der Waals surface area (Å²) in [6.45, 7) is 4.37. The fraction of sp³-hybridized carbons (Fsp3) is 0.448. The van der Waals surface area contributed by atoms with E-state index in [9.17, 15) is 4.79 Å². The quantitative estimate of drug-likeness (QED) is 0.504. The van der Waals surface area contributed by atoms with Crippen molar-refractivity contribution < 1.29 is 9.53 Å². The Morgan fingerprint density at radius 2 is 1.82 bits per heavy atom. The van der Waals surface area contributed by atoms with Crippen molar-refractivity contribution in [2.24, 2.45) is 5.41 Å². The molecule has 0 aliphatic carbocycles. The molecule has 3 heterocycles. The van der Waals surface area contributed by atoms with Gasteiger partial charge in [-0.05, 0) is 80.5 Å². The van der Waals surface area contributed by atoms with Crippen LogP contribution in [0.15, 0.2) is 60.8 Å². The van der Waals surface area contributed by atoms with Gasteiger partial charge in [0.05, 0.1) is 5.52 Å². The van der Waals surface area contributed by atoms with Gasteiger partial charge >= 0.3 is 0 Å². The van der Waals surface area contributed by atoms with Gasteiger partial charge < -0.3 is 14.5 Å². The zero-order valence-electron chi connectivity index (χ0n) is 20.2. The average molecular weight is 458 g/mol. The van der Waals surface area contributed by atoms with Gasteiger partial charge in [0.25, 0.3) is 5.91 Å². The van der Waals surface area contributed by atoms with Crippen LogP contribution in [0.1, 0.15) is 48.0 Å². The van der Waals surface area contributed by atoms with Crippen LogP contribution in [0.4, 0.5) is 0 Å². The van der Waals surface area contributed by atoms with E-state index >= 15 is 0 Å². The average Bonchev–Trinajstić information content (AvgIpc) is 2.86. The molecule has 5 nitrogen and oxygen atoms in total. The number of likely N-dealkylation sites (tertiary alicyclic amines) is 1. The second-order valence-corrected chi connectivity index (χ2v) is 10.1. The Labute approximate surface area is 202 Å². The first kappa shape index (κ1) is 22.9. The number of hydrogen-bond donors (Lipinski definition) is 0. The van der Waals surface area contributed by atoms with Crippen LogP contribution >= 0.6 is 0 Å². The Morgan fingerprint density at radius 1 is 0.971 bits per heavy atom. The van der Waals surface area contributed by atoms with E-state index in [1.54, 1.807) is 6.20 Å². The predicted molar refractivity (Wildman–Crippen MR) is 136 cm³/mol. The van der Waals surface area contributed by atoms with E-state index in [0.717, 1.165) is 67.7 Å². The maximum absolute atomic E-state index is 13.3.